The highest BCUT2D eigenvalue weighted by Crippen LogP contribution is 2.40. The average molecular weight is 260 g/mol. The fraction of sp³-hybridized carbons (Fsp3) is 1.00. The molecule has 0 aromatic heterocycles. The zero-order chi connectivity index (χ0) is 13.1. The first-order valence-corrected chi connectivity index (χ1v) is 6.28. The van der Waals surface area contributed by atoms with E-state index in [1.807, 2.05) is 13.8 Å². The average Bonchev–Trinajstić information content (AvgIpc) is 2.81. The van der Waals surface area contributed by atoms with E-state index < -0.39 is 36.2 Å². The lowest BCUT2D eigenvalue weighted by molar-refractivity contribution is -0.232. The fourth-order valence-electron chi connectivity index (χ4n) is 2.70. The molecule has 0 saturated carbocycles. The molecule has 0 bridgehead atoms. The van der Waals surface area contributed by atoms with Crippen LogP contribution in [-0.4, -0.2) is 54.0 Å². The summed E-state index contributed by atoms with van der Waals surface area (Å²) in [7, 11) is 0. The second-order valence-corrected chi connectivity index (χ2v) is 5.93. The Bertz CT molecular complexity index is 341. The van der Waals surface area contributed by atoms with Gasteiger partial charge in [0.1, 0.15) is 24.4 Å². The summed E-state index contributed by atoms with van der Waals surface area (Å²) in [6.07, 6.45) is -2.53. The lowest BCUT2D eigenvalue weighted by Gasteiger charge is -2.26. The number of hydrogen-bond donors (Lipinski definition) is 1. The van der Waals surface area contributed by atoms with Gasteiger partial charge < -0.3 is 28.8 Å². The van der Waals surface area contributed by atoms with Crippen LogP contribution in [-0.2, 0) is 23.7 Å². The first-order valence-electron chi connectivity index (χ1n) is 6.28. The van der Waals surface area contributed by atoms with Crippen LogP contribution in [0.3, 0.4) is 0 Å². The first kappa shape index (κ1) is 12.8. The van der Waals surface area contributed by atoms with Crippen molar-refractivity contribution >= 4 is 0 Å². The number of ether oxygens (including phenoxy) is 5. The van der Waals surface area contributed by atoms with Crippen LogP contribution in [0.15, 0.2) is 0 Å². The van der Waals surface area contributed by atoms with Crippen molar-refractivity contribution in [3.8, 4) is 0 Å². The van der Waals surface area contributed by atoms with Gasteiger partial charge in [-0.25, -0.2) is 0 Å². The molecular formula is C12H20O6. The van der Waals surface area contributed by atoms with E-state index in [4.69, 9.17) is 23.7 Å². The van der Waals surface area contributed by atoms with E-state index in [1.54, 1.807) is 13.8 Å². The molecule has 18 heavy (non-hydrogen) atoms. The Balaban J connectivity index is 1.68. The summed E-state index contributed by atoms with van der Waals surface area (Å²) in [6.45, 7) is 7.68. The summed E-state index contributed by atoms with van der Waals surface area (Å²) in [5.41, 5.74) is 0. The first-order chi connectivity index (χ1) is 8.27. The van der Waals surface area contributed by atoms with Gasteiger partial charge in [0.25, 0.3) is 0 Å². The molecule has 0 aromatic rings. The number of hydrogen-bond acceptors (Lipinski definition) is 6. The molecule has 0 aromatic carbocycles. The van der Waals surface area contributed by atoms with Gasteiger partial charge in [0.15, 0.2) is 17.9 Å². The molecule has 3 heterocycles. The van der Waals surface area contributed by atoms with Crippen molar-refractivity contribution in [2.75, 3.05) is 6.61 Å². The van der Waals surface area contributed by atoms with Gasteiger partial charge >= 0.3 is 0 Å². The molecule has 3 aliphatic rings. The van der Waals surface area contributed by atoms with Crippen LogP contribution < -0.4 is 0 Å². The lowest BCUT2D eigenvalue weighted by Crippen LogP contribution is -2.42. The largest absolute Gasteiger partial charge is 0.387 e. The predicted octanol–water partition coefficient (Wildman–Crippen LogP) is 0.375. The third-order valence-corrected chi connectivity index (χ3v) is 3.45. The minimum atomic E-state index is -0.765. The predicted molar refractivity (Wildman–Crippen MR) is 59.6 cm³/mol. The minimum Gasteiger partial charge on any atom is -0.387 e. The fourth-order valence-corrected chi connectivity index (χ4v) is 2.70. The topological polar surface area (TPSA) is 66.4 Å². The van der Waals surface area contributed by atoms with E-state index in [1.165, 1.54) is 0 Å². The summed E-state index contributed by atoms with van der Waals surface area (Å²) in [4.78, 5) is 0. The van der Waals surface area contributed by atoms with Crippen molar-refractivity contribution in [2.24, 2.45) is 0 Å². The smallest absolute Gasteiger partial charge is 0.190 e. The van der Waals surface area contributed by atoms with Crippen LogP contribution in [0.25, 0.3) is 0 Å². The van der Waals surface area contributed by atoms with E-state index in [0.29, 0.717) is 6.61 Å². The van der Waals surface area contributed by atoms with Crippen molar-refractivity contribution < 1.29 is 28.8 Å². The van der Waals surface area contributed by atoms with Crippen molar-refractivity contribution in [1.82, 2.24) is 0 Å². The Morgan fingerprint density at radius 2 is 1.67 bits per heavy atom. The Morgan fingerprint density at radius 3 is 2.22 bits per heavy atom. The van der Waals surface area contributed by atoms with Gasteiger partial charge in [-0.05, 0) is 27.7 Å². The quantitative estimate of drug-likeness (QED) is 0.735. The molecule has 3 saturated heterocycles. The third kappa shape index (κ3) is 2.07. The summed E-state index contributed by atoms with van der Waals surface area (Å²) in [5, 5.41) is 10.3. The molecule has 3 rings (SSSR count). The van der Waals surface area contributed by atoms with Crippen molar-refractivity contribution in [3.05, 3.63) is 0 Å². The molecule has 1 N–H and O–H groups in total. The highest BCUT2D eigenvalue weighted by molar-refractivity contribution is 4.97. The van der Waals surface area contributed by atoms with Crippen LogP contribution in [0, 0.1) is 0 Å². The molecule has 6 nitrogen and oxygen atoms in total. The maximum absolute atomic E-state index is 10.3. The van der Waals surface area contributed by atoms with E-state index in [-0.39, 0.29) is 6.10 Å². The number of aliphatic hydroxyl groups is 1. The van der Waals surface area contributed by atoms with E-state index >= 15 is 0 Å². The summed E-state index contributed by atoms with van der Waals surface area (Å²) in [6, 6.07) is 0. The Kier molecular flexibility index (Phi) is 2.75. The highest BCUT2D eigenvalue weighted by Gasteiger charge is 2.57. The van der Waals surface area contributed by atoms with Crippen molar-refractivity contribution in [2.45, 2.75) is 70.0 Å². The molecule has 0 amide bonds. The van der Waals surface area contributed by atoms with Gasteiger partial charge in [-0.1, -0.05) is 0 Å². The van der Waals surface area contributed by atoms with E-state index in [9.17, 15) is 5.11 Å². The van der Waals surface area contributed by atoms with Gasteiger partial charge in [-0.2, -0.15) is 0 Å². The lowest BCUT2D eigenvalue weighted by atomic mass is 10.1. The zero-order valence-electron chi connectivity index (χ0n) is 11.1. The zero-order valence-corrected chi connectivity index (χ0v) is 11.1. The normalized spacial score (nSPS) is 49.5. The molecule has 104 valence electrons. The molecule has 3 fully saturated rings. The standard InChI is InChI=1S/C12H20O6/c1-11(2)14-5-6(16-11)8-7(13)9-10(15-8)18-12(3,4)17-9/h6-10,13H,5H2,1-4H3/t6?,7-,8+,9+,10+/m1/s1. The minimum absolute atomic E-state index is 0.295. The monoisotopic (exact) mass is 260 g/mol. The molecular weight excluding hydrogens is 240 g/mol. The second-order valence-electron chi connectivity index (χ2n) is 5.93. The molecule has 0 radical (unpaired) electrons. The maximum Gasteiger partial charge on any atom is 0.190 e. The Hall–Kier alpha value is -0.240. The second kappa shape index (κ2) is 3.88. The summed E-state index contributed by atoms with van der Waals surface area (Å²) < 4.78 is 28.1. The molecule has 0 aliphatic carbocycles. The van der Waals surface area contributed by atoms with Gasteiger partial charge in [0.05, 0.1) is 6.61 Å². The van der Waals surface area contributed by atoms with Crippen LogP contribution in [0.1, 0.15) is 27.7 Å². The summed E-state index contributed by atoms with van der Waals surface area (Å²) in [5.74, 6) is -1.35. The number of fused-ring (bicyclic) bond motifs is 1. The SMILES string of the molecule is CC1(C)OCC([C@@H]2O[C@H]3OC(C)(C)O[C@H]3[C@@H]2O)O1. The number of aliphatic hydroxyl groups excluding tert-OH is 1. The molecule has 0 spiro atoms. The highest BCUT2D eigenvalue weighted by atomic mass is 16.8. The van der Waals surface area contributed by atoms with E-state index in [0.717, 1.165) is 0 Å². The van der Waals surface area contributed by atoms with E-state index in [2.05, 4.69) is 0 Å². The van der Waals surface area contributed by atoms with Crippen LogP contribution >= 0.6 is 0 Å². The van der Waals surface area contributed by atoms with Crippen molar-refractivity contribution in [1.29, 1.82) is 0 Å². The van der Waals surface area contributed by atoms with Gasteiger partial charge in [-0.15, -0.1) is 0 Å². The third-order valence-electron chi connectivity index (χ3n) is 3.45. The van der Waals surface area contributed by atoms with Gasteiger partial charge in [-0.3, -0.25) is 0 Å². The molecule has 1 unspecified atom stereocenters. The summed E-state index contributed by atoms with van der Waals surface area (Å²) >= 11 is 0. The molecule has 6 heteroatoms. The van der Waals surface area contributed by atoms with Crippen molar-refractivity contribution in [3.63, 3.8) is 0 Å². The molecule has 3 aliphatic heterocycles. The van der Waals surface area contributed by atoms with Crippen LogP contribution in [0.2, 0.25) is 0 Å². The number of rotatable bonds is 1. The Labute approximate surface area is 106 Å². The van der Waals surface area contributed by atoms with Gasteiger partial charge in [0, 0.05) is 0 Å². The van der Waals surface area contributed by atoms with Crippen LogP contribution in [0.4, 0.5) is 0 Å². The van der Waals surface area contributed by atoms with Crippen LogP contribution in [0.5, 0.6) is 0 Å². The Morgan fingerprint density at radius 1 is 0.944 bits per heavy atom. The molecule has 5 atom stereocenters. The van der Waals surface area contributed by atoms with Gasteiger partial charge in [0.2, 0.25) is 0 Å². The maximum atomic E-state index is 10.3.